The van der Waals surface area contributed by atoms with Crippen molar-refractivity contribution < 1.29 is 9.47 Å². The number of hydrogen-bond donors (Lipinski definition) is 1. The Labute approximate surface area is 134 Å². The van der Waals surface area contributed by atoms with Crippen LogP contribution in [0.1, 0.15) is 32.3 Å². The fourth-order valence-corrected chi connectivity index (χ4v) is 3.65. The second kappa shape index (κ2) is 7.73. The van der Waals surface area contributed by atoms with Gasteiger partial charge in [-0.15, -0.1) is 0 Å². The predicted molar refractivity (Wildman–Crippen MR) is 91.7 cm³/mol. The number of piperidine rings is 1. The summed E-state index contributed by atoms with van der Waals surface area (Å²) in [5.41, 5.74) is 7.86. The molecule has 0 aliphatic carbocycles. The molecule has 2 unspecified atom stereocenters. The minimum atomic E-state index is 0.679. The summed E-state index contributed by atoms with van der Waals surface area (Å²) in [6.45, 7) is 8.31. The minimum Gasteiger partial charge on any atom is -0.496 e. The first kappa shape index (κ1) is 16.9. The van der Waals surface area contributed by atoms with Gasteiger partial charge in [0.2, 0.25) is 0 Å². The summed E-state index contributed by atoms with van der Waals surface area (Å²) in [4.78, 5) is 2.60. The highest BCUT2D eigenvalue weighted by Gasteiger charge is 2.21. The Bertz CT molecular complexity index is 480. The van der Waals surface area contributed by atoms with Gasteiger partial charge in [0.1, 0.15) is 11.5 Å². The zero-order chi connectivity index (χ0) is 16.1. The molecular formula is C18H30N2O2. The monoisotopic (exact) mass is 306 g/mol. The van der Waals surface area contributed by atoms with Crippen LogP contribution in [-0.4, -0.2) is 38.8 Å². The molecule has 0 radical (unpaired) electrons. The average Bonchev–Trinajstić information content (AvgIpc) is 2.46. The molecule has 22 heavy (non-hydrogen) atoms. The first-order valence-corrected chi connectivity index (χ1v) is 8.26. The van der Waals surface area contributed by atoms with E-state index in [-0.39, 0.29) is 0 Å². The number of rotatable bonds is 6. The Morgan fingerprint density at radius 2 is 1.73 bits per heavy atom. The maximum Gasteiger partial charge on any atom is 0.145 e. The summed E-state index contributed by atoms with van der Waals surface area (Å²) in [6, 6.07) is 3.87. The molecule has 0 aromatic heterocycles. The SMILES string of the molecule is COc1cc(OC)c(CCCN2CC(C)CC(C)C2)cc1N. The Morgan fingerprint density at radius 3 is 2.32 bits per heavy atom. The molecule has 1 heterocycles. The van der Waals surface area contributed by atoms with Gasteiger partial charge in [0.25, 0.3) is 0 Å². The van der Waals surface area contributed by atoms with Gasteiger partial charge in [0.15, 0.2) is 0 Å². The van der Waals surface area contributed by atoms with Crippen LogP contribution in [0.15, 0.2) is 12.1 Å². The lowest BCUT2D eigenvalue weighted by atomic mass is 9.91. The van der Waals surface area contributed by atoms with Crippen molar-refractivity contribution in [2.75, 3.05) is 39.6 Å². The third kappa shape index (κ3) is 4.29. The summed E-state index contributed by atoms with van der Waals surface area (Å²) in [5, 5.41) is 0. The Morgan fingerprint density at radius 1 is 1.09 bits per heavy atom. The number of hydrogen-bond acceptors (Lipinski definition) is 4. The quantitative estimate of drug-likeness (QED) is 0.820. The number of aryl methyl sites for hydroxylation is 1. The molecule has 1 aromatic rings. The maximum atomic E-state index is 6.02. The number of likely N-dealkylation sites (tertiary alicyclic amines) is 1. The van der Waals surface area contributed by atoms with Gasteiger partial charge in [-0.25, -0.2) is 0 Å². The highest BCUT2D eigenvalue weighted by atomic mass is 16.5. The normalized spacial score (nSPS) is 22.5. The van der Waals surface area contributed by atoms with Crippen molar-refractivity contribution in [2.24, 2.45) is 11.8 Å². The molecule has 2 N–H and O–H groups in total. The van der Waals surface area contributed by atoms with Crippen molar-refractivity contribution in [1.82, 2.24) is 4.90 Å². The van der Waals surface area contributed by atoms with E-state index in [1.807, 2.05) is 12.1 Å². The lowest BCUT2D eigenvalue weighted by molar-refractivity contribution is 0.140. The fraction of sp³-hybridized carbons (Fsp3) is 0.667. The van der Waals surface area contributed by atoms with E-state index < -0.39 is 0 Å². The number of methoxy groups -OCH3 is 2. The second-order valence-corrected chi connectivity index (χ2v) is 6.72. The molecule has 1 aromatic carbocycles. The number of nitrogens with zero attached hydrogens (tertiary/aromatic N) is 1. The third-order valence-electron chi connectivity index (χ3n) is 4.50. The molecule has 1 saturated heterocycles. The van der Waals surface area contributed by atoms with Crippen LogP contribution in [0.25, 0.3) is 0 Å². The molecule has 4 heteroatoms. The molecule has 2 atom stereocenters. The van der Waals surface area contributed by atoms with Gasteiger partial charge in [-0.05, 0) is 49.3 Å². The molecule has 0 saturated carbocycles. The van der Waals surface area contributed by atoms with Crippen molar-refractivity contribution in [1.29, 1.82) is 0 Å². The number of nitrogens with two attached hydrogens (primary N) is 1. The number of benzene rings is 1. The fourth-order valence-electron chi connectivity index (χ4n) is 3.65. The first-order chi connectivity index (χ1) is 10.5. The molecule has 0 spiro atoms. The molecule has 0 amide bonds. The summed E-state index contributed by atoms with van der Waals surface area (Å²) in [5.74, 6) is 3.18. The van der Waals surface area contributed by atoms with Crippen molar-refractivity contribution >= 4 is 5.69 Å². The van der Waals surface area contributed by atoms with Gasteiger partial charge in [-0.1, -0.05) is 13.8 Å². The van der Waals surface area contributed by atoms with Crippen molar-refractivity contribution in [3.05, 3.63) is 17.7 Å². The predicted octanol–water partition coefficient (Wildman–Crippen LogP) is 3.20. The Kier molecular flexibility index (Phi) is 5.95. The molecule has 1 aliphatic heterocycles. The van der Waals surface area contributed by atoms with Crippen LogP contribution >= 0.6 is 0 Å². The van der Waals surface area contributed by atoms with Crippen LogP contribution in [0.5, 0.6) is 11.5 Å². The highest BCUT2D eigenvalue weighted by Crippen LogP contribution is 2.31. The van der Waals surface area contributed by atoms with Gasteiger partial charge in [-0.3, -0.25) is 0 Å². The van der Waals surface area contributed by atoms with Crippen LogP contribution in [0.4, 0.5) is 5.69 Å². The minimum absolute atomic E-state index is 0.679. The topological polar surface area (TPSA) is 47.7 Å². The zero-order valence-electron chi connectivity index (χ0n) is 14.4. The average molecular weight is 306 g/mol. The molecule has 4 nitrogen and oxygen atoms in total. The van der Waals surface area contributed by atoms with Crippen molar-refractivity contribution in [2.45, 2.75) is 33.1 Å². The van der Waals surface area contributed by atoms with E-state index in [4.69, 9.17) is 15.2 Å². The maximum absolute atomic E-state index is 6.02. The molecule has 2 rings (SSSR count). The van der Waals surface area contributed by atoms with E-state index >= 15 is 0 Å². The molecule has 124 valence electrons. The number of ether oxygens (including phenoxy) is 2. The van der Waals surface area contributed by atoms with Crippen molar-refractivity contribution in [3.8, 4) is 11.5 Å². The van der Waals surface area contributed by atoms with Gasteiger partial charge in [0.05, 0.1) is 19.9 Å². The summed E-state index contributed by atoms with van der Waals surface area (Å²) in [7, 11) is 3.33. The molecule has 1 fully saturated rings. The summed E-state index contributed by atoms with van der Waals surface area (Å²) < 4.78 is 10.7. The van der Waals surface area contributed by atoms with Crippen LogP contribution in [-0.2, 0) is 6.42 Å². The zero-order valence-corrected chi connectivity index (χ0v) is 14.4. The van der Waals surface area contributed by atoms with Gasteiger partial charge in [-0.2, -0.15) is 0 Å². The molecular weight excluding hydrogens is 276 g/mol. The largest absolute Gasteiger partial charge is 0.496 e. The Balaban J connectivity index is 1.92. The highest BCUT2D eigenvalue weighted by molar-refractivity contribution is 5.59. The van der Waals surface area contributed by atoms with E-state index in [2.05, 4.69) is 18.7 Å². The van der Waals surface area contributed by atoms with Crippen LogP contribution < -0.4 is 15.2 Å². The lowest BCUT2D eigenvalue weighted by Gasteiger charge is -2.35. The van der Waals surface area contributed by atoms with Gasteiger partial charge < -0.3 is 20.1 Å². The summed E-state index contributed by atoms with van der Waals surface area (Å²) in [6.07, 6.45) is 3.47. The van der Waals surface area contributed by atoms with Crippen LogP contribution in [0.2, 0.25) is 0 Å². The van der Waals surface area contributed by atoms with Gasteiger partial charge >= 0.3 is 0 Å². The van der Waals surface area contributed by atoms with Crippen molar-refractivity contribution in [3.63, 3.8) is 0 Å². The molecule has 0 bridgehead atoms. The van der Waals surface area contributed by atoms with E-state index in [0.29, 0.717) is 11.4 Å². The van der Waals surface area contributed by atoms with Gasteiger partial charge in [0, 0.05) is 19.2 Å². The number of anilines is 1. The van der Waals surface area contributed by atoms with E-state index in [0.717, 1.165) is 37.0 Å². The molecule has 1 aliphatic rings. The second-order valence-electron chi connectivity index (χ2n) is 6.72. The third-order valence-corrected chi connectivity index (χ3v) is 4.50. The Hall–Kier alpha value is -1.42. The standard InChI is InChI=1S/C18H30N2O2/c1-13-8-14(2)12-20(11-13)7-5-6-15-9-16(19)18(22-4)10-17(15)21-3/h9-10,13-14H,5-8,11-12,19H2,1-4H3. The smallest absolute Gasteiger partial charge is 0.145 e. The van der Waals surface area contributed by atoms with Crippen LogP contribution in [0.3, 0.4) is 0 Å². The summed E-state index contributed by atoms with van der Waals surface area (Å²) >= 11 is 0. The van der Waals surface area contributed by atoms with E-state index in [1.54, 1.807) is 14.2 Å². The van der Waals surface area contributed by atoms with Crippen LogP contribution in [0, 0.1) is 11.8 Å². The van der Waals surface area contributed by atoms with E-state index in [9.17, 15) is 0 Å². The van der Waals surface area contributed by atoms with E-state index in [1.165, 1.54) is 25.1 Å². The number of nitrogen functional groups attached to an aromatic ring is 1. The lowest BCUT2D eigenvalue weighted by Crippen LogP contribution is -2.39. The first-order valence-electron chi connectivity index (χ1n) is 8.26.